The molecule has 1 N–H and O–H groups in total. The van der Waals surface area contributed by atoms with Crippen LogP contribution in [-0.4, -0.2) is 58.6 Å². The van der Waals surface area contributed by atoms with E-state index in [1.165, 1.54) is 12.6 Å². The van der Waals surface area contributed by atoms with Gasteiger partial charge in [-0.05, 0) is 31.9 Å². The number of hydrogen-bond donors (Lipinski definition) is 1. The molecular formula is C22H28N4O4. The number of pyridine rings is 2. The van der Waals surface area contributed by atoms with Crippen LogP contribution in [0.5, 0.6) is 0 Å². The smallest absolute Gasteiger partial charge is 0.259 e. The molecule has 2 aromatic heterocycles. The van der Waals surface area contributed by atoms with Crippen molar-refractivity contribution >= 4 is 22.8 Å². The first-order valence-electron chi connectivity index (χ1n) is 10.7. The molecule has 0 radical (unpaired) electrons. The number of aryl methyl sites for hydroxylation is 1. The molecule has 0 aromatic carbocycles. The summed E-state index contributed by atoms with van der Waals surface area (Å²) in [5.41, 5.74) is 0.895. The number of carbonyl (C=O) groups is 2. The monoisotopic (exact) mass is 412 g/mol. The molecular weight excluding hydrogens is 384 g/mol. The van der Waals surface area contributed by atoms with Gasteiger partial charge >= 0.3 is 0 Å². The van der Waals surface area contributed by atoms with E-state index in [2.05, 4.69) is 10.3 Å². The third kappa shape index (κ3) is 4.38. The van der Waals surface area contributed by atoms with Crippen molar-refractivity contribution in [1.82, 2.24) is 19.8 Å². The number of nitrogens with one attached hydrogen (secondary N) is 1. The molecule has 8 nitrogen and oxygen atoms in total. The summed E-state index contributed by atoms with van der Waals surface area (Å²) in [6, 6.07) is 3.63. The number of morpholine rings is 1. The highest BCUT2D eigenvalue weighted by Crippen LogP contribution is 2.18. The van der Waals surface area contributed by atoms with Crippen molar-refractivity contribution in [2.45, 2.75) is 51.6 Å². The van der Waals surface area contributed by atoms with Gasteiger partial charge in [-0.25, -0.2) is 4.98 Å². The Kier molecular flexibility index (Phi) is 6.13. The van der Waals surface area contributed by atoms with Crippen LogP contribution in [-0.2, 0) is 16.1 Å². The lowest BCUT2D eigenvalue weighted by Crippen LogP contribution is -2.43. The van der Waals surface area contributed by atoms with Crippen LogP contribution in [0, 0.1) is 6.92 Å². The maximum Gasteiger partial charge on any atom is 0.259 e. The number of ether oxygens (including phenoxy) is 1. The normalized spacial score (nSPS) is 17.8. The second-order valence-corrected chi connectivity index (χ2v) is 8.13. The molecule has 160 valence electrons. The Morgan fingerprint density at radius 1 is 1.17 bits per heavy atom. The SMILES string of the molecule is Cc1ccc2c(=O)c(C(=O)N3CCOCC3)cn(CC(=O)NC3CCCCC3)c2n1. The van der Waals surface area contributed by atoms with E-state index in [4.69, 9.17) is 4.74 Å². The molecule has 1 aliphatic carbocycles. The molecule has 2 amide bonds. The Morgan fingerprint density at radius 3 is 2.63 bits per heavy atom. The third-order valence-electron chi connectivity index (χ3n) is 5.87. The van der Waals surface area contributed by atoms with Crippen molar-refractivity contribution in [1.29, 1.82) is 0 Å². The minimum absolute atomic E-state index is 0.0210. The molecule has 1 saturated carbocycles. The van der Waals surface area contributed by atoms with Gasteiger partial charge in [0.2, 0.25) is 11.3 Å². The first-order chi connectivity index (χ1) is 14.5. The summed E-state index contributed by atoms with van der Waals surface area (Å²) in [6.45, 7) is 3.67. The van der Waals surface area contributed by atoms with Crippen molar-refractivity contribution in [3.63, 3.8) is 0 Å². The standard InChI is InChI=1S/C22H28N4O4/c1-15-7-8-17-20(28)18(22(29)25-9-11-30-12-10-25)13-26(21(17)23-15)14-19(27)24-16-5-3-2-4-6-16/h7-8,13,16H,2-6,9-12,14H2,1H3,(H,24,27). The van der Waals surface area contributed by atoms with Gasteiger partial charge in [-0.2, -0.15) is 0 Å². The van der Waals surface area contributed by atoms with E-state index in [1.807, 2.05) is 6.92 Å². The fourth-order valence-corrected chi connectivity index (χ4v) is 4.24. The molecule has 4 rings (SSSR count). The van der Waals surface area contributed by atoms with Crippen LogP contribution in [0.2, 0.25) is 0 Å². The second kappa shape index (κ2) is 8.95. The molecule has 0 spiro atoms. The lowest BCUT2D eigenvalue weighted by Gasteiger charge is -2.27. The topological polar surface area (TPSA) is 93.5 Å². The van der Waals surface area contributed by atoms with Gasteiger partial charge in [-0.1, -0.05) is 19.3 Å². The summed E-state index contributed by atoms with van der Waals surface area (Å²) in [5.74, 6) is -0.452. The van der Waals surface area contributed by atoms with Gasteiger partial charge in [0.05, 0.1) is 18.6 Å². The largest absolute Gasteiger partial charge is 0.378 e. The second-order valence-electron chi connectivity index (χ2n) is 8.13. The van der Waals surface area contributed by atoms with Gasteiger partial charge in [0.15, 0.2) is 0 Å². The fourth-order valence-electron chi connectivity index (χ4n) is 4.24. The molecule has 30 heavy (non-hydrogen) atoms. The minimum Gasteiger partial charge on any atom is -0.378 e. The Morgan fingerprint density at radius 2 is 1.90 bits per heavy atom. The van der Waals surface area contributed by atoms with Crippen LogP contribution >= 0.6 is 0 Å². The maximum absolute atomic E-state index is 13.0. The highest BCUT2D eigenvalue weighted by Gasteiger charge is 2.24. The number of fused-ring (bicyclic) bond motifs is 1. The molecule has 1 saturated heterocycles. The first kappa shape index (κ1) is 20.5. The number of hydrogen-bond acceptors (Lipinski definition) is 5. The number of rotatable bonds is 4. The quantitative estimate of drug-likeness (QED) is 0.824. The van der Waals surface area contributed by atoms with Crippen LogP contribution in [0.4, 0.5) is 0 Å². The average Bonchev–Trinajstić information content (AvgIpc) is 2.76. The van der Waals surface area contributed by atoms with Crippen molar-refractivity contribution in [2.24, 2.45) is 0 Å². The number of nitrogens with zero attached hydrogens (tertiary/aromatic N) is 3. The zero-order valence-electron chi connectivity index (χ0n) is 17.4. The molecule has 1 aliphatic heterocycles. The summed E-state index contributed by atoms with van der Waals surface area (Å²) in [4.78, 5) is 44.9. The summed E-state index contributed by atoms with van der Waals surface area (Å²) in [7, 11) is 0. The van der Waals surface area contributed by atoms with Gasteiger partial charge in [-0.3, -0.25) is 14.4 Å². The maximum atomic E-state index is 13.0. The van der Waals surface area contributed by atoms with E-state index in [9.17, 15) is 14.4 Å². The van der Waals surface area contributed by atoms with Gasteiger partial charge in [0.25, 0.3) is 5.91 Å². The van der Waals surface area contributed by atoms with Gasteiger partial charge < -0.3 is 19.5 Å². The molecule has 0 unspecified atom stereocenters. The molecule has 0 bridgehead atoms. The van der Waals surface area contributed by atoms with E-state index < -0.39 is 0 Å². The average molecular weight is 412 g/mol. The van der Waals surface area contributed by atoms with Crippen molar-refractivity contribution in [2.75, 3.05) is 26.3 Å². The van der Waals surface area contributed by atoms with Gasteiger partial charge in [-0.15, -0.1) is 0 Å². The fraction of sp³-hybridized carbons (Fsp3) is 0.545. The number of aromatic nitrogens is 2. The van der Waals surface area contributed by atoms with E-state index in [0.29, 0.717) is 37.3 Å². The summed E-state index contributed by atoms with van der Waals surface area (Å²) in [5, 5.41) is 3.45. The minimum atomic E-state index is -0.349. The zero-order chi connectivity index (χ0) is 21.1. The number of amides is 2. The van der Waals surface area contributed by atoms with Crippen LogP contribution in [0.25, 0.3) is 11.0 Å². The van der Waals surface area contributed by atoms with E-state index in [0.717, 1.165) is 31.4 Å². The molecule has 2 aliphatic rings. The predicted octanol–water partition coefficient (Wildman–Crippen LogP) is 1.63. The molecule has 3 heterocycles. The van der Waals surface area contributed by atoms with E-state index >= 15 is 0 Å². The first-order valence-corrected chi connectivity index (χ1v) is 10.7. The van der Waals surface area contributed by atoms with Crippen LogP contribution in [0.3, 0.4) is 0 Å². The Bertz CT molecular complexity index is 1000. The summed E-state index contributed by atoms with van der Waals surface area (Å²) in [6.07, 6.45) is 6.96. The lowest BCUT2D eigenvalue weighted by atomic mass is 9.95. The Labute approximate surface area is 175 Å². The summed E-state index contributed by atoms with van der Waals surface area (Å²) < 4.78 is 6.94. The Balaban J connectivity index is 1.67. The predicted molar refractivity (Wildman–Crippen MR) is 112 cm³/mol. The zero-order valence-corrected chi connectivity index (χ0v) is 17.4. The highest BCUT2D eigenvalue weighted by molar-refractivity contribution is 5.97. The highest BCUT2D eigenvalue weighted by atomic mass is 16.5. The van der Waals surface area contributed by atoms with Crippen LogP contribution in [0.15, 0.2) is 23.1 Å². The lowest BCUT2D eigenvalue weighted by molar-refractivity contribution is -0.122. The van der Waals surface area contributed by atoms with Crippen LogP contribution < -0.4 is 10.7 Å². The van der Waals surface area contributed by atoms with Crippen molar-refractivity contribution in [3.8, 4) is 0 Å². The van der Waals surface area contributed by atoms with Gasteiger partial charge in [0, 0.05) is 31.0 Å². The van der Waals surface area contributed by atoms with E-state index in [-0.39, 0.29) is 35.4 Å². The molecule has 2 aromatic rings. The van der Waals surface area contributed by atoms with Gasteiger partial charge in [0.1, 0.15) is 17.8 Å². The summed E-state index contributed by atoms with van der Waals surface area (Å²) >= 11 is 0. The van der Waals surface area contributed by atoms with Crippen molar-refractivity contribution in [3.05, 3.63) is 39.8 Å². The molecule has 8 heteroatoms. The van der Waals surface area contributed by atoms with Crippen LogP contribution in [0.1, 0.15) is 48.2 Å². The van der Waals surface area contributed by atoms with E-state index in [1.54, 1.807) is 21.6 Å². The number of carbonyl (C=O) groups excluding carboxylic acids is 2. The molecule has 0 atom stereocenters. The third-order valence-corrected chi connectivity index (χ3v) is 5.87. The Hall–Kier alpha value is -2.74. The molecule has 2 fully saturated rings. The van der Waals surface area contributed by atoms with Crippen molar-refractivity contribution < 1.29 is 14.3 Å².